The second-order valence-electron chi connectivity index (χ2n) is 5.79. The Morgan fingerprint density at radius 3 is 2.53 bits per heavy atom. The number of nitrogens with zero attached hydrogens (tertiary/aromatic N) is 3. The number of nitriles is 2. The standard InChI is InChI=1S/C13H14N4OS/c14-7-11-9(16)17-13(18-5-6-19-13)12(11,8-15)10(11)3-1-2-4-10/h1-6H2,(H2,16,17)/t11-,12+,13-/m1/s1. The van der Waals surface area contributed by atoms with Crippen LogP contribution in [0.1, 0.15) is 25.7 Å². The highest BCUT2D eigenvalue weighted by Gasteiger charge is 3.00. The molecule has 2 spiro atoms. The van der Waals surface area contributed by atoms with Gasteiger partial charge in [-0.3, -0.25) is 0 Å². The minimum atomic E-state index is -0.925. The largest absolute Gasteiger partial charge is 0.386 e. The third-order valence-electron chi connectivity index (χ3n) is 5.53. The van der Waals surface area contributed by atoms with Crippen molar-refractivity contribution in [2.24, 2.45) is 27.0 Å². The van der Waals surface area contributed by atoms with E-state index in [0.717, 1.165) is 31.4 Å². The molecule has 5 nitrogen and oxygen atoms in total. The molecule has 0 aromatic rings. The summed E-state index contributed by atoms with van der Waals surface area (Å²) >= 11 is 1.54. The molecule has 3 fully saturated rings. The Kier molecular flexibility index (Phi) is 1.88. The van der Waals surface area contributed by atoms with Gasteiger partial charge in [-0.15, -0.1) is 0 Å². The highest BCUT2D eigenvalue weighted by atomic mass is 32.2. The van der Waals surface area contributed by atoms with Gasteiger partial charge in [-0.05, 0) is 12.8 Å². The molecule has 0 aromatic carbocycles. The Morgan fingerprint density at radius 1 is 1.26 bits per heavy atom. The fraction of sp³-hybridized carbons (Fsp3) is 0.769. The number of hydrogen-bond acceptors (Lipinski definition) is 6. The number of hydrogen-bond donors (Lipinski definition) is 1. The molecule has 0 aromatic heterocycles. The zero-order chi connectivity index (χ0) is 13.4. The Morgan fingerprint density at radius 2 is 2.00 bits per heavy atom. The van der Waals surface area contributed by atoms with Gasteiger partial charge in [-0.2, -0.15) is 10.5 Å². The molecule has 2 heterocycles. The van der Waals surface area contributed by atoms with Crippen molar-refractivity contribution in [2.45, 2.75) is 30.7 Å². The fourth-order valence-corrected chi connectivity index (χ4v) is 6.30. The number of aliphatic imine (C=N–C) groups is 1. The Labute approximate surface area is 115 Å². The summed E-state index contributed by atoms with van der Waals surface area (Å²) in [6.45, 7) is 0.572. The van der Waals surface area contributed by atoms with Gasteiger partial charge in [0.05, 0.1) is 18.7 Å². The lowest BCUT2D eigenvalue weighted by Crippen LogP contribution is -2.36. The number of ether oxygens (including phenoxy) is 1. The molecular weight excluding hydrogens is 260 g/mol. The van der Waals surface area contributed by atoms with Crippen molar-refractivity contribution in [3.63, 3.8) is 0 Å². The molecular formula is C13H14N4OS. The van der Waals surface area contributed by atoms with Crippen molar-refractivity contribution in [1.82, 2.24) is 0 Å². The smallest absolute Gasteiger partial charge is 0.230 e. The van der Waals surface area contributed by atoms with Crippen LogP contribution in [0.2, 0.25) is 0 Å². The van der Waals surface area contributed by atoms with Crippen molar-refractivity contribution >= 4 is 17.6 Å². The van der Waals surface area contributed by atoms with E-state index in [9.17, 15) is 10.5 Å². The lowest BCUT2D eigenvalue weighted by atomic mass is 9.89. The minimum Gasteiger partial charge on any atom is -0.386 e. The van der Waals surface area contributed by atoms with Crippen LogP contribution in [0.25, 0.3) is 0 Å². The number of fused-ring (bicyclic) bond motifs is 4. The first kappa shape index (κ1) is 11.6. The van der Waals surface area contributed by atoms with Gasteiger partial charge in [0.25, 0.3) is 0 Å². The second-order valence-corrected chi connectivity index (χ2v) is 7.04. The normalized spacial score (nSPS) is 48.8. The highest BCUT2D eigenvalue weighted by molar-refractivity contribution is 8.00. The van der Waals surface area contributed by atoms with Crippen molar-refractivity contribution in [1.29, 1.82) is 10.5 Å². The molecule has 1 saturated heterocycles. The molecule has 2 aliphatic carbocycles. The highest BCUT2D eigenvalue weighted by Crippen LogP contribution is 2.91. The van der Waals surface area contributed by atoms with Crippen LogP contribution >= 0.6 is 11.8 Å². The van der Waals surface area contributed by atoms with Crippen LogP contribution in [0.15, 0.2) is 4.99 Å². The van der Waals surface area contributed by atoms with Gasteiger partial charge in [-0.25, -0.2) is 4.99 Å². The maximum absolute atomic E-state index is 9.91. The van der Waals surface area contributed by atoms with Crippen LogP contribution in [-0.4, -0.2) is 23.3 Å². The zero-order valence-electron chi connectivity index (χ0n) is 10.5. The molecule has 2 aliphatic heterocycles. The van der Waals surface area contributed by atoms with Crippen molar-refractivity contribution in [3.05, 3.63) is 0 Å². The van der Waals surface area contributed by atoms with Crippen LogP contribution in [0.4, 0.5) is 0 Å². The first-order valence-corrected chi connectivity index (χ1v) is 7.61. The first-order chi connectivity index (χ1) is 9.16. The van der Waals surface area contributed by atoms with Crippen LogP contribution < -0.4 is 5.73 Å². The van der Waals surface area contributed by atoms with E-state index in [1.807, 2.05) is 0 Å². The molecule has 19 heavy (non-hydrogen) atoms. The summed E-state index contributed by atoms with van der Waals surface area (Å²) in [6.07, 6.45) is 3.88. The van der Waals surface area contributed by atoms with E-state index in [4.69, 9.17) is 10.5 Å². The Hall–Kier alpha value is -1.24. The average Bonchev–Trinajstić information content (AvgIpc) is 2.89. The second kappa shape index (κ2) is 3.08. The lowest BCUT2D eigenvalue weighted by Gasteiger charge is -2.29. The van der Waals surface area contributed by atoms with Crippen LogP contribution in [0.3, 0.4) is 0 Å². The van der Waals surface area contributed by atoms with Crippen molar-refractivity contribution in [2.75, 3.05) is 12.4 Å². The molecule has 6 heteroatoms. The number of rotatable bonds is 0. The van der Waals surface area contributed by atoms with Gasteiger partial charge < -0.3 is 10.5 Å². The summed E-state index contributed by atoms with van der Waals surface area (Å²) < 4.78 is 5.86. The van der Waals surface area contributed by atoms with E-state index in [1.165, 1.54) is 0 Å². The van der Waals surface area contributed by atoms with Crippen molar-refractivity contribution < 1.29 is 4.74 Å². The van der Waals surface area contributed by atoms with Gasteiger partial charge in [0.15, 0.2) is 5.41 Å². The van der Waals surface area contributed by atoms with E-state index >= 15 is 0 Å². The summed E-state index contributed by atoms with van der Waals surface area (Å²) in [5.41, 5.74) is 4.01. The molecule has 4 rings (SSSR count). The molecule has 3 atom stereocenters. The molecule has 0 unspecified atom stereocenters. The van der Waals surface area contributed by atoms with Gasteiger partial charge >= 0.3 is 0 Å². The molecule has 2 N–H and O–H groups in total. The predicted octanol–water partition coefficient (Wildman–Crippen LogP) is 1.37. The summed E-state index contributed by atoms with van der Waals surface area (Å²) in [5.74, 6) is 1.13. The summed E-state index contributed by atoms with van der Waals surface area (Å²) in [6, 6.07) is 4.81. The third-order valence-corrected chi connectivity index (χ3v) is 6.81. The summed E-state index contributed by atoms with van der Waals surface area (Å²) in [5, 5.41) is 18.8. The number of amidine groups is 1. The fourth-order valence-electron chi connectivity index (χ4n) is 4.92. The summed E-state index contributed by atoms with van der Waals surface area (Å²) in [7, 11) is 0. The maximum Gasteiger partial charge on any atom is 0.230 e. The van der Waals surface area contributed by atoms with Gasteiger partial charge in [0.1, 0.15) is 11.3 Å². The first-order valence-electron chi connectivity index (χ1n) is 6.63. The van der Waals surface area contributed by atoms with E-state index in [2.05, 4.69) is 17.1 Å². The molecule has 4 aliphatic rings. The molecule has 0 radical (unpaired) electrons. The lowest BCUT2D eigenvalue weighted by molar-refractivity contribution is 0.00795. The average molecular weight is 274 g/mol. The van der Waals surface area contributed by atoms with E-state index in [-0.39, 0.29) is 5.41 Å². The van der Waals surface area contributed by atoms with Crippen LogP contribution in [0, 0.1) is 38.9 Å². The van der Waals surface area contributed by atoms with E-state index in [0.29, 0.717) is 12.4 Å². The van der Waals surface area contributed by atoms with Crippen LogP contribution in [0.5, 0.6) is 0 Å². The van der Waals surface area contributed by atoms with E-state index in [1.54, 1.807) is 11.8 Å². The zero-order valence-corrected chi connectivity index (χ0v) is 11.3. The number of nitrogens with two attached hydrogens (primary N) is 1. The Bertz CT molecular complexity index is 576. The quantitative estimate of drug-likeness (QED) is 0.719. The van der Waals surface area contributed by atoms with Gasteiger partial charge in [-0.1, -0.05) is 24.6 Å². The Balaban J connectivity index is 1.99. The van der Waals surface area contributed by atoms with Gasteiger partial charge in [0, 0.05) is 11.2 Å². The molecule has 2 saturated carbocycles. The number of thioether (sulfide) groups is 1. The maximum atomic E-state index is 9.91. The third kappa shape index (κ3) is 0.795. The SMILES string of the molecule is N#C[C@]12C3(CCCC3)[C@@]1(C#N)C(N)=N[C@@]21OCCS1. The molecule has 98 valence electrons. The van der Waals surface area contributed by atoms with Gasteiger partial charge in [0.2, 0.25) is 5.06 Å². The van der Waals surface area contributed by atoms with E-state index < -0.39 is 15.9 Å². The van der Waals surface area contributed by atoms with Crippen LogP contribution in [-0.2, 0) is 4.74 Å². The van der Waals surface area contributed by atoms with Crippen molar-refractivity contribution in [3.8, 4) is 12.1 Å². The molecule has 0 bridgehead atoms. The predicted molar refractivity (Wildman–Crippen MR) is 69.8 cm³/mol. The molecule has 0 amide bonds. The minimum absolute atomic E-state index is 0.327. The monoisotopic (exact) mass is 274 g/mol. The summed E-state index contributed by atoms with van der Waals surface area (Å²) in [4.78, 5) is 4.45. The topological polar surface area (TPSA) is 95.2 Å².